The van der Waals surface area contributed by atoms with Crippen LogP contribution in [0, 0.1) is 0 Å². The molecule has 1 aliphatic rings. The van der Waals surface area contributed by atoms with E-state index in [0.29, 0.717) is 19.2 Å². The molecule has 6 heteroatoms. The Kier molecular flexibility index (Phi) is 8.16. The number of aromatic nitrogens is 1. The van der Waals surface area contributed by atoms with E-state index >= 15 is 0 Å². The fourth-order valence-corrected chi connectivity index (χ4v) is 2.81. The molecule has 0 radical (unpaired) electrons. The molecule has 0 aliphatic heterocycles. The van der Waals surface area contributed by atoms with Crippen molar-refractivity contribution in [2.24, 2.45) is 4.99 Å². The fraction of sp³-hybridized carbons (Fsp3) is 0.700. The van der Waals surface area contributed by atoms with Crippen molar-refractivity contribution in [1.29, 1.82) is 0 Å². The lowest BCUT2D eigenvalue weighted by atomic mass is 9.98. The van der Waals surface area contributed by atoms with Gasteiger partial charge in [-0.3, -0.25) is 0 Å². The van der Waals surface area contributed by atoms with E-state index in [1.165, 1.54) is 19.3 Å². The van der Waals surface area contributed by atoms with Gasteiger partial charge in [0.1, 0.15) is 6.10 Å². The number of hydrogen-bond donors (Lipinski definition) is 2. The van der Waals surface area contributed by atoms with Crippen LogP contribution >= 0.6 is 0 Å². The van der Waals surface area contributed by atoms with Crippen molar-refractivity contribution in [1.82, 2.24) is 15.6 Å². The molecule has 1 aromatic rings. The van der Waals surface area contributed by atoms with Gasteiger partial charge in [-0.1, -0.05) is 12.5 Å². The molecule has 0 spiro atoms. The van der Waals surface area contributed by atoms with Crippen LogP contribution in [0.15, 0.2) is 23.3 Å². The smallest absolute Gasteiger partial charge is 0.213 e. The van der Waals surface area contributed by atoms with Crippen molar-refractivity contribution in [2.75, 3.05) is 20.2 Å². The van der Waals surface area contributed by atoms with Gasteiger partial charge >= 0.3 is 0 Å². The Morgan fingerprint density at radius 1 is 1.23 bits per heavy atom. The zero-order chi connectivity index (χ0) is 18.8. The van der Waals surface area contributed by atoms with Gasteiger partial charge in [-0.05, 0) is 52.0 Å². The minimum atomic E-state index is -0.240. The van der Waals surface area contributed by atoms with Gasteiger partial charge in [-0.25, -0.2) is 9.98 Å². The lowest BCUT2D eigenvalue weighted by Gasteiger charge is -2.24. The topological polar surface area (TPSA) is 67.8 Å². The lowest BCUT2D eigenvalue weighted by Crippen LogP contribution is -2.45. The highest BCUT2D eigenvalue weighted by Gasteiger charge is 2.17. The maximum atomic E-state index is 5.98. The summed E-state index contributed by atoms with van der Waals surface area (Å²) in [7, 11) is 1.72. The Bertz CT molecular complexity index is 551. The molecular formula is C20H34N4O2. The molecule has 0 saturated heterocycles. The highest BCUT2D eigenvalue weighted by atomic mass is 16.5. The molecule has 0 atom stereocenters. The van der Waals surface area contributed by atoms with Crippen LogP contribution in [0.3, 0.4) is 0 Å². The second-order valence-corrected chi connectivity index (χ2v) is 7.40. The second-order valence-electron chi connectivity index (χ2n) is 7.40. The summed E-state index contributed by atoms with van der Waals surface area (Å²) in [6.45, 7) is 8.20. The Morgan fingerprint density at radius 2 is 2.00 bits per heavy atom. The number of rotatable bonds is 8. The molecule has 6 nitrogen and oxygen atoms in total. The van der Waals surface area contributed by atoms with Gasteiger partial charge in [0, 0.05) is 32.5 Å². The van der Waals surface area contributed by atoms with Crippen LogP contribution in [-0.2, 0) is 11.3 Å². The molecule has 1 fully saturated rings. The highest BCUT2D eigenvalue weighted by molar-refractivity contribution is 5.79. The molecule has 2 N–H and O–H groups in total. The first-order valence-corrected chi connectivity index (χ1v) is 9.71. The third-order valence-electron chi connectivity index (χ3n) is 4.64. The van der Waals surface area contributed by atoms with Crippen molar-refractivity contribution in [2.45, 2.75) is 71.1 Å². The van der Waals surface area contributed by atoms with E-state index in [-0.39, 0.29) is 5.60 Å². The number of hydrogen-bond acceptors (Lipinski definition) is 4. The Hall–Kier alpha value is -1.82. The van der Waals surface area contributed by atoms with Gasteiger partial charge in [0.25, 0.3) is 0 Å². The Balaban J connectivity index is 1.87. The van der Waals surface area contributed by atoms with Gasteiger partial charge < -0.3 is 20.1 Å². The van der Waals surface area contributed by atoms with E-state index in [1.54, 1.807) is 7.11 Å². The highest BCUT2D eigenvalue weighted by Crippen LogP contribution is 2.22. The van der Waals surface area contributed by atoms with Crippen LogP contribution in [0.4, 0.5) is 0 Å². The summed E-state index contributed by atoms with van der Waals surface area (Å²) in [5.41, 5.74) is 0.819. The van der Waals surface area contributed by atoms with E-state index in [2.05, 4.69) is 27.5 Å². The second kappa shape index (κ2) is 10.4. The van der Waals surface area contributed by atoms with E-state index in [4.69, 9.17) is 9.47 Å². The van der Waals surface area contributed by atoms with E-state index in [9.17, 15) is 0 Å². The number of methoxy groups -OCH3 is 1. The summed E-state index contributed by atoms with van der Waals surface area (Å²) >= 11 is 0. The summed E-state index contributed by atoms with van der Waals surface area (Å²) in [5, 5.41) is 6.57. The SMILES string of the molecule is CCNC(=NCc1ccc(OC2CCCCC2)nc1)NCC(C)(C)OC. The van der Waals surface area contributed by atoms with E-state index in [1.807, 2.05) is 32.2 Å². The number of nitrogens with one attached hydrogen (secondary N) is 2. The van der Waals surface area contributed by atoms with Crippen LogP contribution < -0.4 is 15.4 Å². The van der Waals surface area contributed by atoms with E-state index < -0.39 is 0 Å². The molecule has 0 amide bonds. The Labute approximate surface area is 157 Å². The van der Waals surface area contributed by atoms with Gasteiger partial charge in [-0.15, -0.1) is 0 Å². The molecule has 1 aromatic heterocycles. The summed E-state index contributed by atoms with van der Waals surface area (Å²) in [6.07, 6.45) is 8.31. The normalized spacial score (nSPS) is 16.4. The number of ether oxygens (including phenoxy) is 2. The molecule has 1 heterocycles. The van der Waals surface area contributed by atoms with Crippen molar-refractivity contribution >= 4 is 5.96 Å². The average molecular weight is 363 g/mol. The first-order chi connectivity index (χ1) is 12.5. The largest absolute Gasteiger partial charge is 0.474 e. The van der Waals surface area contributed by atoms with Gasteiger partial charge in [0.2, 0.25) is 5.88 Å². The molecule has 146 valence electrons. The number of guanidine groups is 1. The summed E-state index contributed by atoms with van der Waals surface area (Å²) in [5.74, 6) is 1.50. The van der Waals surface area contributed by atoms with E-state index in [0.717, 1.165) is 36.8 Å². The van der Waals surface area contributed by atoms with Crippen molar-refractivity contribution in [3.8, 4) is 5.88 Å². The molecule has 1 aliphatic carbocycles. The molecule has 0 bridgehead atoms. The predicted molar refractivity (Wildman–Crippen MR) is 106 cm³/mol. The Morgan fingerprint density at radius 3 is 2.62 bits per heavy atom. The van der Waals surface area contributed by atoms with Crippen molar-refractivity contribution in [3.63, 3.8) is 0 Å². The maximum Gasteiger partial charge on any atom is 0.213 e. The van der Waals surface area contributed by atoms with Crippen LogP contribution in [0.5, 0.6) is 5.88 Å². The van der Waals surface area contributed by atoms with Crippen LogP contribution in [-0.4, -0.2) is 42.8 Å². The molecule has 0 aromatic carbocycles. The van der Waals surface area contributed by atoms with Crippen molar-refractivity contribution in [3.05, 3.63) is 23.9 Å². The number of aliphatic imine (C=N–C) groups is 1. The lowest BCUT2D eigenvalue weighted by molar-refractivity contribution is 0.0268. The molecule has 26 heavy (non-hydrogen) atoms. The quantitative estimate of drug-likeness (QED) is 0.549. The van der Waals surface area contributed by atoms with Crippen LogP contribution in [0.1, 0.15) is 58.4 Å². The molecular weight excluding hydrogens is 328 g/mol. The van der Waals surface area contributed by atoms with Crippen LogP contribution in [0.2, 0.25) is 0 Å². The third kappa shape index (κ3) is 7.20. The first-order valence-electron chi connectivity index (χ1n) is 9.71. The zero-order valence-electron chi connectivity index (χ0n) is 16.7. The molecule has 1 saturated carbocycles. The molecule has 0 unspecified atom stereocenters. The standard InChI is InChI=1S/C20H34N4O2/c1-5-21-19(24-15-20(2,3)25-4)23-14-16-11-12-18(22-13-16)26-17-9-7-6-8-10-17/h11-13,17H,5-10,14-15H2,1-4H3,(H2,21,23,24). The summed E-state index contributed by atoms with van der Waals surface area (Å²) in [4.78, 5) is 9.07. The monoisotopic (exact) mass is 362 g/mol. The van der Waals surface area contributed by atoms with Gasteiger partial charge in [0.05, 0.1) is 12.1 Å². The minimum Gasteiger partial charge on any atom is -0.474 e. The summed E-state index contributed by atoms with van der Waals surface area (Å²) in [6, 6.07) is 3.99. The zero-order valence-corrected chi connectivity index (χ0v) is 16.7. The van der Waals surface area contributed by atoms with Crippen molar-refractivity contribution < 1.29 is 9.47 Å². The summed E-state index contributed by atoms with van der Waals surface area (Å²) < 4.78 is 11.4. The van der Waals surface area contributed by atoms with Gasteiger partial charge in [-0.2, -0.15) is 0 Å². The van der Waals surface area contributed by atoms with Crippen LogP contribution in [0.25, 0.3) is 0 Å². The average Bonchev–Trinajstić information content (AvgIpc) is 2.66. The fourth-order valence-electron chi connectivity index (χ4n) is 2.81. The minimum absolute atomic E-state index is 0.240. The third-order valence-corrected chi connectivity index (χ3v) is 4.64. The predicted octanol–water partition coefficient (Wildman–Crippen LogP) is 3.27. The first kappa shape index (κ1) is 20.5. The molecule has 2 rings (SSSR count). The maximum absolute atomic E-state index is 5.98. The van der Waals surface area contributed by atoms with Gasteiger partial charge in [0.15, 0.2) is 5.96 Å². The number of nitrogens with zero attached hydrogens (tertiary/aromatic N) is 2. The number of pyridine rings is 1.